The van der Waals surface area contributed by atoms with Crippen molar-refractivity contribution < 1.29 is 89.7 Å². The highest BCUT2D eigenvalue weighted by molar-refractivity contribution is 4.95. The van der Waals surface area contributed by atoms with Crippen molar-refractivity contribution in [3.63, 3.8) is 0 Å². The third-order valence-electron chi connectivity index (χ3n) is 13.7. The van der Waals surface area contributed by atoms with Gasteiger partial charge in [-0.3, -0.25) is 0 Å². The molecule has 0 spiro atoms. The minimum absolute atomic E-state index is 0.00120. The van der Waals surface area contributed by atoms with Crippen LogP contribution in [-0.4, -0.2) is 237 Å². The average Bonchev–Trinajstić information content (AvgIpc) is 4.34. The van der Waals surface area contributed by atoms with Crippen molar-refractivity contribution >= 4 is 0 Å². The minimum Gasteiger partial charge on any atom is -0.382 e. The van der Waals surface area contributed by atoms with E-state index in [4.69, 9.17) is 91.0 Å². The van der Waals surface area contributed by atoms with Gasteiger partial charge in [0.05, 0.1) is 150 Å². The van der Waals surface area contributed by atoms with Gasteiger partial charge in [-0.1, -0.05) is 0 Å². The Labute approximate surface area is 510 Å². The Hall–Kier alpha value is -0.830. The predicted molar refractivity (Wildman–Crippen MR) is 327 cm³/mol. The molecule has 0 aromatic rings. The lowest BCUT2D eigenvalue weighted by Gasteiger charge is -2.26. The summed E-state index contributed by atoms with van der Waals surface area (Å²) in [4.78, 5) is 0. The van der Waals surface area contributed by atoms with Crippen molar-refractivity contribution in [3.05, 3.63) is 0 Å². The van der Waals surface area contributed by atoms with Crippen molar-refractivity contribution in [2.24, 2.45) is 5.73 Å². The zero-order chi connectivity index (χ0) is 64.1. The van der Waals surface area contributed by atoms with Crippen LogP contribution in [0.4, 0.5) is 4.39 Å². The van der Waals surface area contributed by atoms with Crippen LogP contribution in [0.25, 0.3) is 0 Å². The molecular weight excluding hydrogens is 1090 g/mol. The Kier molecular flexibility index (Phi) is 41.6. The highest BCUT2D eigenvalue weighted by Crippen LogP contribution is 2.31. The van der Waals surface area contributed by atoms with E-state index in [0.717, 1.165) is 6.42 Å². The molecule has 19 atom stereocenters. The second kappa shape index (κ2) is 43.0. The molecule has 19 nitrogen and oxygen atoms in total. The molecule has 5 unspecified atom stereocenters. The van der Waals surface area contributed by atoms with E-state index in [1.807, 2.05) is 145 Å². The SMILES string of the molecule is CC(C)OC[C@H]1O[C@@H](C)CC1OC(C)C.CC(C)OC[C@H]1O[C@@H](C)[C@@H](F)C1OC(C)C.CC(C)OC[C@H]1O[C@@H](C)[C@@H](N)C1OC(C)C.COCCO[C@H]1C(OC(C)C)[C@@H](COC(C)C)O[C@H]1C.CO[C@H]1C(OC(C)C)[C@@H](COC(C)C)O[C@H]1C. The quantitative estimate of drug-likeness (QED) is 0.0667. The summed E-state index contributed by atoms with van der Waals surface area (Å²) < 4.78 is 116. The summed E-state index contributed by atoms with van der Waals surface area (Å²) in [7, 11) is 3.37. The molecule has 5 rings (SSSR count). The lowest BCUT2D eigenvalue weighted by molar-refractivity contribution is -0.106. The molecule has 0 bridgehead atoms. The zero-order valence-electron chi connectivity index (χ0n) is 57.7. The van der Waals surface area contributed by atoms with E-state index in [2.05, 4.69) is 20.8 Å². The summed E-state index contributed by atoms with van der Waals surface area (Å²) >= 11 is 0. The molecule has 0 aromatic carbocycles. The van der Waals surface area contributed by atoms with Gasteiger partial charge in [0.2, 0.25) is 0 Å². The number of alkyl halides is 1. The highest BCUT2D eigenvalue weighted by atomic mass is 19.1. The van der Waals surface area contributed by atoms with Crippen LogP contribution in [0, 0.1) is 0 Å². The monoisotopic (exact) mass is 1220 g/mol. The lowest BCUT2D eigenvalue weighted by atomic mass is 10.1. The molecule has 0 aromatic heterocycles. The molecule has 5 fully saturated rings. The molecule has 0 saturated carbocycles. The number of methoxy groups -OCH3 is 2. The fourth-order valence-electron chi connectivity index (χ4n) is 9.96. The lowest BCUT2D eigenvalue weighted by Crippen LogP contribution is -2.44. The molecule has 2 N–H and O–H groups in total. The Morgan fingerprint density at radius 2 is 0.702 bits per heavy atom. The first-order valence-corrected chi connectivity index (χ1v) is 31.9. The van der Waals surface area contributed by atoms with Gasteiger partial charge in [-0.15, -0.1) is 0 Å². The molecule has 20 heteroatoms. The zero-order valence-corrected chi connectivity index (χ0v) is 57.7. The molecule has 0 radical (unpaired) electrons. The second-order valence-corrected chi connectivity index (χ2v) is 25.5. The first-order chi connectivity index (χ1) is 39.2. The average molecular weight is 1220 g/mol. The van der Waals surface area contributed by atoms with Gasteiger partial charge in [-0.2, -0.15) is 0 Å². The van der Waals surface area contributed by atoms with Gasteiger partial charge in [0.25, 0.3) is 0 Å². The van der Waals surface area contributed by atoms with E-state index in [-0.39, 0.29) is 159 Å². The van der Waals surface area contributed by atoms with Crippen molar-refractivity contribution in [2.75, 3.05) is 60.5 Å². The fraction of sp³-hybridized carbons (Fsp3) is 1.00. The number of nitrogens with two attached hydrogens (primary N) is 1. The van der Waals surface area contributed by atoms with Crippen molar-refractivity contribution in [2.45, 2.75) is 357 Å². The summed E-state index contributed by atoms with van der Waals surface area (Å²) in [5, 5.41) is 0. The first kappa shape index (κ1) is 81.2. The summed E-state index contributed by atoms with van der Waals surface area (Å²) in [5.41, 5.74) is 6.06. The maximum atomic E-state index is 13.8. The summed E-state index contributed by atoms with van der Waals surface area (Å²) in [6.45, 7) is 53.7. The summed E-state index contributed by atoms with van der Waals surface area (Å²) in [6.07, 6.45) is 0.553. The van der Waals surface area contributed by atoms with Gasteiger partial charge in [0, 0.05) is 20.6 Å². The van der Waals surface area contributed by atoms with Crippen molar-refractivity contribution in [3.8, 4) is 0 Å². The highest BCUT2D eigenvalue weighted by Gasteiger charge is 2.47. The first-order valence-electron chi connectivity index (χ1n) is 31.9. The molecule has 5 heterocycles. The molecular formula is C64H128FNO18. The summed E-state index contributed by atoms with van der Waals surface area (Å²) in [5.74, 6) is 0. The maximum Gasteiger partial charge on any atom is 0.155 e. The van der Waals surface area contributed by atoms with Gasteiger partial charge in [0.15, 0.2) is 6.17 Å². The molecule has 504 valence electrons. The van der Waals surface area contributed by atoms with E-state index in [0.29, 0.717) is 46.2 Å². The van der Waals surface area contributed by atoms with Crippen LogP contribution in [-0.2, 0) is 85.3 Å². The van der Waals surface area contributed by atoms with Crippen molar-refractivity contribution in [1.29, 1.82) is 0 Å². The number of rotatable bonds is 30. The smallest absolute Gasteiger partial charge is 0.155 e. The Morgan fingerprint density at radius 1 is 0.369 bits per heavy atom. The topological polar surface area (TPSA) is 192 Å². The number of ether oxygens (including phenoxy) is 18. The third-order valence-corrected chi connectivity index (χ3v) is 13.7. The van der Waals surface area contributed by atoms with Gasteiger partial charge in [-0.05, 0) is 173 Å². The molecule has 5 aliphatic rings. The van der Waals surface area contributed by atoms with Crippen LogP contribution in [0.5, 0.6) is 0 Å². The Bertz CT molecular complexity index is 1560. The number of hydrogen-bond acceptors (Lipinski definition) is 19. The Morgan fingerprint density at radius 3 is 1.10 bits per heavy atom. The van der Waals surface area contributed by atoms with E-state index in [9.17, 15) is 4.39 Å². The van der Waals surface area contributed by atoms with Crippen LogP contribution < -0.4 is 5.73 Å². The van der Waals surface area contributed by atoms with E-state index in [1.165, 1.54) is 0 Å². The van der Waals surface area contributed by atoms with Gasteiger partial charge >= 0.3 is 0 Å². The molecule has 5 saturated heterocycles. The number of hydrogen-bond donors (Lipinski definition) is 1. The van der Waals surface area contributed by atoms with Crippen LogP contribution in [0.15, 0.2) is 0 Å². The van der Waals surface area contributed by atoms with Crippen LogP contribution >= 0.6 is 0 Å². The van der Waals surface area contributed by atoms with E-state index < -0.39 is 18.4 Å². The maximum absolute atomic E-state index is 13.8. The van der Waals surface area contributed by atoms with Gasteiger partial charge in [-0.25, -0.2) is 4.39 Å². The van der Waals surface area contributed by atoms with E-state index >= 15 is 0 Å². The molecule has 0 amide bonds. The van der Waals surface area contributed by atoms with Crippen molar-refractivity contribution in [1.82, 2.24) is 0 Å². The molecule has 0 aliphatic carbocycles. The van der Waals surface area contributed by atoms with Gasteiger partial charge in [0.1, 0.15) is 67.1 Å². The summed E-state index contributed by atoms with van der Waals surface area (Å²) in [6, 6.07) is -0.0665. The van der Waals surface area contributed by atoms with Crippen LogP contribution in [0.3, 0.4) is 0 Å². The Balaban J connectivity index is 0.000000527. The normalized spacial score (nSPS) is 33.2. The van der Waals surface area contributed by atoms with E-state index in [1.54, 1.807) is 21.1 Å². The largest absolute Gasteiger partial charge is 0.382 e. The standard InChI is InChI=1S/C15H30O5.C13H26O4.C12H23FO3.C12H25NO3.C12H24O3/c1-10(2)18-9-13-15(19-11(3)4)14(12(5)20-13)17-8-7-16-6;1-8(2)15-7-11-13(16-9(3)4)12(14-6)10(5)17-11;2*1-7(2)14-6-10-12(15-8(3)4)11(13)9(5)16-10;1-8(2)13-7-12-11(14-9(3)4)6-10(5)15-12/h10-15H,7-9H2,1-6H3;8-13H,7H2,1-6H3;7-12H,6H2,1-5H3;7-12H,6,13H2,1-5H3;8-12H,6-7H2,1-5H3/t12-,13+,14+,15?;10-,11+,12+,13?;2*9-,10+,11+,12?;10-,11?,12+/m00000/s1. The fourth-order valence-corrected chi connectivity index (χ4v) is 9.96. The third kappa shape index (κ3) is 32.3. The van der Waals surface area contributed by atoms with Crippen LogP contribution in [0.1, 0.15) is 180 Å². The van der Waals surface area contributed by atoms with Crippen LogP contribution in [0.2, 0.25) is 0 Å². The minimum atomic E-state index is -1.07. The second-order valence-electron chi connectivity index (χ2n) is 25.5. The molecule has 84 heavy (non-hydrogen) atoms. The predicted octanol–water partition coefficient (Wildman–Crippen LogP) is 10.1. The number of halogens is 1. The van der Waals surface area contributed by atoms with Gasteiger partial charge < -0.3 is 91.0 Å². The molecule has 5 aliphatic heterocycles.